The number of benzene rings is 1. The topological polar surface area (TPSA) is 93.3 Å². The molecule has 0 aliphatic heterocycles. The molecule has 0 atom stereocenters. The number of amides is 1. The lowest BCUT2D eigenvalue weighted by Crippen LogP contribution is -2.29. The van der Waals surface area contributed by atoms with Gasteiger partial charge in [-0.15, -0.1) is 0 Å². The van der Waals surface area contributed by atoms with E-state index in [9.17, 15) is 4.79 Å². The highest BCUT2D eigenvalue weighted by molar-refractivity contribution is 5.67. The van der Waals surface area contributed by atoms with Crippen molar-refractivity contribution in [3.8, 4) is 11.5 Å². The quantitative estimate of drug-likeness (QED) is 0.348. The summed E-state index contributed by atoms with van der Waals surface area (Å²) in [7, 11) is 5.11. The number of ether oxygens (including phenoxy) is 3. The minimum absolute atomic E-state index is 0.175. The number of alkyl carbamates (subject to hydrolysis) is 1. The lowest BCUT2D eigenvalue weighted by Gasteiger charge is -2.21. The molecule has 1 aromatic rings. The first-order chi connectivity index (χ1) is 13.0. The van der Waals surface area contributed by atoms with Gasteiger partial charge in [-0.2, -0.15) is 0 Å². The van der Waals surface area contributed by atoms with Crippen molar-refractivity contribution in [1.29, 1.82) is 0 Å². The first-order valence-corrected chi connectivity index (χ1v) is 8.56. The fourth-order valence-electron chi connectivity index (χ4n) is 2.09. The minimum atomic E-state index is -0.521. The maximum absolute atomic E-state index is 11.9. The fourth-order valence-corrected chi connectivity index (χ4v) is 2.09. The van der Waals surface area contributed by atoms with Crippen molar-refractivity contribution < 1.29 is 23.8 Å². The van der Waals surface area contributed by atoms with E-state index >= 15 is 0 Å². The Morgan fingerprint density at radius 3 is 2.19 bits per heavy atom. The molecular weight excluding hydrogens is 352 g/mol. The van der Waals surface area contributed by atoms with Crippen LogP contribution in [0.3, 0.4) is 0 Å². The summed E-state index contributed by atoms with van der Waals surface area (Å²) in [6.07, 6.45) is -0.521. The third-order valence-electron chi connectivity index (χ3n) is 3.32. The van der Waals surface area contributed by atoms with Gasteiger partial charge >= 0.3 is 6.09 Å². The van der Waals surface area contributed by atoms with Crippen molar-refractivity contribution in [2.75, 3.05) is 47.8 Å². The molecule has 9 nitrogen and oxygen atoms in total. The van der Waals surface area contributed by atoms with Crippen LogP contribution in [-0.2, 0) is 16.1 Å². The van der Waals surface area contributed by atoms with Crippen LogP contribution in [0.15, 0.2) is 30.5 Å². The number of rotatable bonds is 13. The fraction of sp³-hybridized carbons (Fsp3) is 0.500. The Balaban J connectivity index is 2.55. The number of carbonyl (C=O) groups excluding carboxylic acids is 1. The SMILES string of the molecule is C=C(C)N(CCOC(=O)NCc1cc(OCNC)cc(OCNC)c1)OC. The second-order valence-corrected chi connectivity index (χ2v) is 5.61. The molecule has 0 saturated heterocycles. The smallest absolute Gasteiger partial charge is 0.407 e. The molecule has 0 bridgehead atoms. The summed E-state index contributed by atoms with van der Waals surface area (Å²) in [6.45, 7) is 7.16. The van der Waals surface area contributed by atoms with E-state index in [-0.39, 0.29) is 13.2 Å². The lowest BCUT2D eigenvalue weighted by molar-refractivity contribution is -0.106. The third-order valence-corrected chi connectivity index (χ3v) is 3.32. The van der Waals surface area contributed by atoms with Crippen molar-refractivity contribution in [1.82, 2.24) is 21.0 Å². The van der Waals surface area contributed by atoms with Gasteiger partial charge in [-0.1, -0.05) is 6.58 Å². The molecule has 1 amide bonds. The highest BCUT2D eigenvalue weighted by Crippen LogP contribution is 2.23. The molecule has 0 aromatic heterocycles. The summed E-state index contributed by atoms with van der Waals surface area (Å²) in [5, 5.41) is 10.1. The van der Waals surface area contributed by atoms with Crippen LogP contribution in [0, 0.1) is 0 Å². The van der Waals surface area contributed by atoms with Gasteiger partial charge in [0.15, 0.2) is 0 Å². The number of nitrogens with one attached hydrogen (secondary N) is 3. The minimum Gasteiger partial charge on any atom is -0.478 e. The summed E-state index contributed by atoms with van der Waals surface area (Å²) in [5.41, 5.74) is 1.56. The van der Waals surface area contributed by atoms with Gasteiger partial charge < -0.3 is 19.5 Å². The molecule has 0 aliphatic carbocycles. The van der Waals surface area contributed by atoms with Crippen LogP contribution in [0.1, 0.15) is 12.5 Å². The third kappa shape index (κ3) is 9.13. The van der Waals surface area contributed by atoms with Gasteiger partial charge in [0.05, 0.1) is 13.7 Å². The van der Waals surface area contributed by atoms with Gasteiger partial charge in [-0.25, -0.2) is 4.79 Å². The Labute approximate surface area is 160 Å². The summed E-state index contributed by atoms with van der Waals surface area (Å²) in [5.74, 6) is 1.28. The second kappa shape index (κ2) is 12.8. The van der Waals surface area contributed by atoms with Gasteiger partial charge in [0, 0.05) is 18.3 Å². The second-order valence-electron chi connectivity index (χ2n) is 5.61. The van der Waals surface area contributed by atoms with Crippen molar-refractivity contribution in [2.24, 2.45) is 0 Å². The number of nitrogens with zero attached hydrogens (tertiary/aromatic N) is 1. The highest BCUT2D eigenvalue weighted by atomic mass is 16.7. The van der Waals surface area contributed by atoms with Crippen LogP contribution in [0.2, 0.25) is 0 Å². The van der Waals surface area contributed by atoms with E-state index < -0.39 is 6.09 Å². The van der Waals surface area contributed by atoms with E-state index in [0.717, 1.165) is 11.3 Å². The summed E-state index contributed by atoms with van der Waals surface area (Å²) >= 11 is 0. The molecule has 1 rings (SSSR count). The molecule has 27 heavy (non-hydrogen) atoms. The van der Waals surface area contributed by atoms with Crippen molar-refractivity contribution in [3.05, 3.63) is 36.0 Å². The summed E-state index contributed by atoms with van der Waals surface area (Å²) in [6, 6.07) is 5.45. The maximum atomic E-state index is 11.9. The van der Waals surface area contributed by atoms with E-state index in [0.29, 0.717) is 31.5 Å². The maximum Gasteiger partial charge on any atom is 0.407 e. The van der Waals surface area contributed by atoms with Crippen LogP contribution in [0.5, 0.6) is 11.5 Å². The van der Waals surface area contributed by atoms with Crippen molar-refractivity contribution in [3.63, 3.8) is 0 Å². The molecule has 152 valence electrons. The molecule has 0 aliphatic rings. The van der Waals surface area contributed by atoms with Crippen molar-refractivity contribution in [2.45, 2.75) is 13.5 Å². The molecule has 3 N–H and O–H groups in total. The molecule has 0 fully saturated rings. The van der Waals surface area contributed by atoms with Crippen LogP contribution in [0.25, 0.3) is 0 Å². The van der Waals surface area contributed by atoms with Crippen LogP contribution >= 0.6 is 0 Å². The van der Waals surface area contributed by atoms with E-state index in [2.05, 4.69) is 22.5 Å². The predicted octanol–water partition coefficient (Wildman–Crippen LogP) is 1.42. The van der Waals surface area contributed by atoms with E-state index in [1.165, 1.54) is 7.11 Å². The average Bonchev–Trinajstić information content (AvgIpc) is 2.66. The lowest BCUT2D eigenvalue weighted by atomic mass is 10.2. The molecule has 0 radical (unpaired) electrons. The van der Waals surface area contributed by atoms with Gasteiger partial charge in [-0.05, 0) is 38.7 Å². The predicted molar refractivity (Wildman–Crippen MR) is 102 cm³/mol. The Morgan fingerprint density at radius 2 is 1.70 bits per heavy atom. The van der Waals surface area contributed by atoms with Gasteiger partial charge in [0.25, 0.3) is 0 Å². The zero-order valence-electron chi connectivity index (χ0n) is 16.5. The van der Waals surface area contributed by atoms with Crippen molar-refractivity contribution >= 4 is 6.09 Å². The number of allylic oxidation sites excluding steroid dienone is 1. The first kappa shape index (κ1) is 22.6. The largest absolute Gasteiger partial charge is 0.478 e. The van der Waals surface area contributed by atoms with Crippen LogP contribution < -0.4 is 25.4 Å². The Morgan fingerprint density at radius 1 is 1.11 bits per heavy atom. The number of carbonyl (C=O) groups is 1. The Hall–Kier alpha value is -2.49. The summed E-state index contributed by atoms with van der Waals surface area (Å²) < 4.78 is 16.3. The number of hydroxylamine groups is 2. The van der Waals surface area contributed by atoms with Gasteiger partial charge in [0.2, 0.25) is 0 Å². The van der Waals surface area contributed by atoms with E-state index in [1.807, 2.05) is 12.1 Å². The highest BCUT2D eigenvalue weighted by Gasteiger charge is 2.08. The summed E-state index contributed by atoms with van der Waals surface area (Å²) in [4.78, 5) is 17.0. The monoisotopic (exact) mass is 382 g/mol. The standard InChI is InChI=1S/C18H30N4O5/c1-14(2)22(24-5)6-7-25-18(23)21-11-15-8-16(26-12-19-3)10-17(9-15)27-13-20-4/h8-10,19-20H,1,6-7,11-13H2,2-5H3,(H,21,23). The first-order valence-electron chi connectivity index (χ1n) is 8.56. The zero-order chi connectivity index (χ0) is 20.1. The Bertz CT molecular complexity index is 571. The molecule has 0 spiro atoms. The number of hydrogen-bond donors (Lipinski definition) is 3. The average molecular weight is 382 g/mol. The molecule has 1 aromatic carbocycles. The van der Waals surface area contributed by atoms with Crippen LogP contribution in [-0.4, -0.2) is 59.0 Å². The van der Waals surface area contributed by atoms with Gasteiger partial charge in [0.1, 0.15) is 31.6 Å². The molecule has 0 saturated carbocycles. The molecule has 0 unspecified atom stereocenters. The zero-order valence-corrected chi connectivity index (χ0v) is 16.5. The van der Waals surface area contributed by atoms with Crippen LogP contribution in [0.4, 0.5) is 4.79 Å². The molecular formula is C18H30N4O5. The number of hydrogen-bond acceptors (Lipinski definition) is 8. The normalized spacial score (nSPS) is 10.2. The van der Waals surface area contributed by atoms with E-state index in [1.54, 1.807) is 32.1 Å². The molecule has 9 heteroatoms. The van der Waals surface area contributed by atoms with Gasteiger partial charge in [-0.3, -0.25) is 20.5 Å². The van der Waals surface area contributed by atoms with E-state index in [4.69, 9.17) is 19.0 Å². The Kier molecular flexibility index (Phi) is 10.7. The molecule has 0 heterocycles.